The summed E-state index contributed by atoms with van der Waals surface area (Å²) >= 11 is 0. The van der Waals surface area contributed by atoms with Crippen LogP contribution in [0.3, 0.4) is 0 Å². The second kappa shape index (κ2) is 5.21. The molecule has 0 aliphatic rings. The van der Waals surface area contributed by atoms with Gasteiger partial charge in [-0.2, -0.15) is 0 Å². The van der Waals surface area contributed by atoms with Crippen LogP contribution in [0.15, 0.2) is 18.5 Å². The minimum atomic E-state index is 0.897. The standard InChI is InChI=1S/C14H20N4/c1-5-8-18-9-11(3)16-14(18)17-13-10(2)6-7-15-12(13)4/h6-7,9H,5,8H2,1-4H3,(H,16,17). The monoisotopic (exact) mass is 244 g/mol. The Morgan fingerprint density at radius 3 is 2.72 bits per heavy atom. The van der Waals surface area contributed by atoms with Crippen molar-refractivity contribution in [3.63, 3.8) is 0 Å². The SMILES string of the molecule is CCCn1cc(C)nc1Nc1c(C)ccnc1C. The largest absolute Gasteiger partial charge is 0.324 e. The fourth-order valence-electron chi connectivity index (χ4n) is 2.05. The molecule has 2 rings (SSSR count). The number of aryl methyl sites for hydroxylation is 4. The summed E-state index contributed by atoms with van der Waals surface area (Å²) in [5.74, 6) is 0.897. The van der Waals surface area contributed by atoms with E-state index < -0.39 is 0 Å². The van der Waals surface area contributed by atoms with Gasteiger partial charge in [-0.3, -0.25) is 4.98 Å². The van der Waals surface area contributed by atoms with E-state index in [0.717, 1.165) is 36.0 Å². The van der Waals surface area contributed by atoms with Crippen LogP contribution >= 0.6 is 0 Å². The number of nitrogens with one attached hydrogen (secondary N) is 1. The third-order valence-corrected chi connectivity index (χ3v) is 2.95. The van der Waals surface area contributed by atoms with E-state index in [1.165, 1.54) is 5.56 Å². The lowest BCUT2D eigenvalue weighted by molar-refractivity contribution is 0.686. The molecule has 0 bridgehead atoms. The zero-order valence-corrected chi connectivity index (χ0v) is 11.5. The highest BCUT2D eigenvalue weighted by Gasteiger charge is 2.09. The van der Waals surface area contributed by atoms with Crippen molar-refractivity contribution in [1.82, 2.24) is 14.5 Å². The Hall–Kier alpha value is -1.84. The summed E-state index contributed by atoms with van der Waals surface area (Å²) in [6, 6.07) is 2.01. The van der Waals surface area contributed by atoms with Gasteiger partial charge in [0.25, 0.3) is 0 Å². The Kier molecular flexibility index (Phi) is 3.65. The highest BCUT2D eigenvalue weighted by Crippen LogP contribution is 2.22. The molecule has 1 N–H and O–H groups in total. The second-order valence-electron chi connectivity index (χ2n) is 4.61. The maximum Gasteiger partial charge on any atom is 0.207 e. The molecule has 0 aromatic carbocycles. The molecule has 2 aromatic rings. The molecule has 18 heavy (non-hydrogen) atoms. The van der Waals surface area contributed by atoms with E-state index in [-0.39, 0.29) is 0 Å². The highest BCUT2D eigenvalue weighted by molar-refractivity contribution is 5.61. The summed E-state index contributed by atoms with van der Waals surface area (Å²) in [6.07, 6.45) is 5.00. The first-order valence-corrected chi connectivity index (χ1v) is 6.34. The molecule has 0 saturated carbocycles. The van der Waals surface area contributed by atoms with E-state index >= 15 is 0 Å². The molecular weight excluding hydrogens is 224 g/mol. The van der Waals surface area contributed by atoms with Gasteiger partial charge in [-0.15, -0.1) is 0 Å². The third-order valence-electron chi connectivity index (χ3n) is 2.95. The van der Waals surface area contributed by atoms with Gasteiger partial charge >= 0.3 is 0 Å². The summed E-state index contributed by atoms with van der Waals surface area (Å²) in [4.78, 5) is 8.85. The van der Waals surface area contributed by atoms with Gasteiger partial charge < -0.3 is 9.88 Å². The number of aromatic nitrogens is 3. The van der Waals surface area contributed by atoms with Crippen molar-refractivity contribution >= 4 is 11.6 Å². The van der Waals surface area contributed by atoms with Crippen LogP contribution in [0, 0.1) is 20.8 Å². The van der Waals surface area contributed by atoms with Crippen LogP contribution in [0.4, 0.5) is 11.6 Å². The molecule has 4 heteroatoms. The van der Waals surface area contributed by atoms with Crippen LogP contribution in [-0.4, -0.2) is 14.5 Å². The summed E-state index contributed by atoms with van der Waals surface area (Å²) in [5, 5.41) is 3.40. The first kappa shape index (κ1) is 12.6. The van der Waals surface area contributed by atoms with Gasteiger partial charge in [0.2, 0.25) is 5.95 Å². The molecule has 4 nitrogen and oxygen atoms in total. The van der Waals surface area contributed by atoms with Gasteiger partial charge in [-0.25, -0.2) is 4.98 Å². The van der Waals surface area contributed by atoms with Crippen LogP contribution in [0.2, 0.25) is 0 Å². The number of anilines is 2. The summed E-state index contributed by atoms with van der Waals surface area (Å²) in [7, 11) is 0. The first-order valence-electron chi connectivity index (χ1n) is 6.34. The van der Waals surface area contributed by atoms with Gasteiger partial charge in [0.05, 0.1) is 17.1 Å². The van der Waals surface area contributed by atoms with Crippen molar-refractivity contribution in [2.24, 2.45) is 0 Å². The van der Waals surface area contributed by atoms with Crippen LogP contribution in [0.5, 0.6) is 0 Å². The van der Waals surface area contributed by atoms with Gasteiger partial charge in [-0.05, 0) is 38.8 Å². The van der Waals surface area contributed by atoms with E-state index in [0.29, 0.717) is 0 Å². The molecule has 0 saturated heterocycles. The molecule has 0 aliphatic carbocycles. The number of imidazole rings is 1. The topological polar surface area (TPSA) is 42.7 Å². The summed E-state index contributed by atoms with van der Waals surface area (Å²) in [5.41, 5.74) is 4.27. The Morgan fingerprint density at radius 2 is 2.06 bits per heavy atom. The molecule has 0 atom stereocenters. The van der Waals surface area contributed by atoms with Crippen molar-refractivity contribution < 1.29 is 0 Å². The zero-order chi connectivity index (χ0) is 13.1. The molecule has 2 heterocycles. The van der Waals surface area contributed by atoms with Gasteiger partial charge in [0.1, 0.15) is 0 Å². The zero-order valence-electron chi connectivity index (χ0n) is 11.5. The van der Waals surface area contributed by atoms with Crippen LogP contribution in [0.1, 0.15) is 30.3 Å². The Labute approximate surface area is 108 Å². The fourth-order valence-corrected chi connectivity index (χ4v) is 2.05. The second-order valence-corrected chi connectivity index (χ2v) is 4.61. The predicted octanol–water partition coefficient (Wildman–Crippen LogP) is 3.36. The van der Waals surface area contributed by atoms with Gasteiger partial charge in [0.15, 0.2) is 0 Å². The van der Waals surface area contributed by atoms with E-state index in [1.54, 1.807) is 0 Å². The van der Waals surface area contributed by atoms with Crippen molar-refractivity contribution in [3.8, 4) is 0 Å². The van der Waals surface area contributed by atoms with Crippen LogP contribution in [-0.2, 0) is 6.54 Å². The maximum atomic E-state index is 4.53. The lowest BCUT2D eigenvalue weighted by Crippen LogP contribution is -2.05. The number of pyridine rings is 1. The maximum absolute atomic E-state index is 4.53. The average molecular weight is 244 g/mol. The quantitative estimate of drug-likeness (QED) is 0.896. The van der Waals surface area contributed by atoms with Crippen molar-refractivity contribution in [2.75, 3.05) is 5.32 Å². The number of hydrogen-bond donors (Lipinski definition) is 1. The molecule has 0 unspecified atom stereocenters. The van der Waals surface area contributed by atoms with Crippen molar-refractivity contribution in [2.45, 2.75) is 40.7 Å². The van der Waals surface area contributed by atoms with Gasteiger partial charge in [0, 0.05) is 18.9 Å². The smallest absolute Gasteiger partial charge is 0.207 e. The van der Waals surface area contributed by atoms with Crippen molar-refractivity contribution in [3.05, 3.63) is 35.4 Å². The molecular formula is C14H20N4. The molecule has 0 fully saturated rings. The molecule has 96 valence electrons. The minimum Gasteiger partial charge on any atom is -0.324 e. The fraction of sp³-hybridized carbons (Fsp3) is 0.429. The Morgan fingerprint density at radius 1 is 1.28 bits per heavy atom. The van der Waals surface area contributed by atoms with Crippen LogP contribution in [0.25, 0.3) is 0 Å². The lowest BCUT2D eigenvalue weighted by atomic mass is 10.2. The van der Waals surface area contributed by atoms with Crippen molar-refractivity contribution in [1.29, 1.82) is 0 Å². The molecule has 0 radical (unpaired) electrons. The number of rotatable bonds is 4. The van der Waals surface area contributed by atoms with Crippen LogP contribution < -0.4 is 5.32 Å². The molecule has 0 amide bonds. The lowest BCUT2D eigenvalue weighted by Gasteiger charge is -2.12. The third kappa shape index (κ3) is 2.53. The number of nitrogens with zero attached hydrogens (tertiary/aromatic N) is 3. The molecule has 0 aliphatic heterocycles. The highest BCUT2D eigenvalue weighted by atomic mass is 15.2. The number of hydrogen-bond acceptors (Lipinski definition) is 3. The average Bonchev–Trinajstić information content (AvgIpc) is 2.65. The summed E-state index contributed by atoms with van der Waals surface area (Å²) in [6.45, 7) is 9.24. The summed E-state index contributed by atoms with van der Waals surface area (Å²) < 4.78 is 2.15. The van der Waals surface area contributed by atoms with E-state index in [2.05, 4.69) is 39.9 Å². The van der Waals surface area contributed by atoms with E-state index in [4.69, 9.17) is 0 Å². The Balaban J connectivity index is 2.33. The minimum absolute atomic E-state index is 0.897. The van der Waals surface area contributed by atoms with E-state index in [1.807, 2.05) is 26.1 Å². The Bertz CT molecular complexity index is 522. The normalized spacial score (nSPS) is 10.7. The molecule has 0 spiro atoms. The first-order chi connectivity index (χ1) is 8.61. The van der Waals surface area contributed by atoms with Gasteiger partial charge in [-0.1, -0.05) is 6.92 Å². The molecule has 2 aromatic heterocycles. The predicted molar refractivity (Wildman–Crippen MR) is 74.2 cm³/mol. The van der Waals surface area contributed by atoms with E-state index in [9.17, 15) is 0 Å².